The average Bonchev–Trinajstić information content (AvgIpc) is 3.04. The first-order valence-electron chi connectivity index (χ1n) is 6.83. The number of fused-ring (bicyclic) bond motifs is 1. The lowest BCUT2D eigenvalue weighted by Gasteiger charge is -1.98. The first-order chi connectivity index (χ1) is 11.2. The van der Waals surface area contributed by atoms with E-state index in [-0.39, 0.29) is 11.5 Å². The first-order valence-corrected chi connectivity index (χ1v) is 7.91. The van der Waals surface area contributed by atoms with Gasteiger partial charge in [-0.3, -0.25) is 0 Å². The van der Waals surface area contributed by atoms with Crippen LogP contribution in [0.4, 0.5) is 0 Å². The molecule has 0 aliphatic rings. The molecule has 4 aromatic rings. The maximum atomic E-state index is 12.1. The van der Waals surface area contributed by atoms with Crippen LogP contribution in [0.3, 0.4) is 0 Å². The van der Waals surface area contributed by atoms with Crippen LogP contribution < -0.4 is 5.63 Å². The predicted molar refractivity (Wildman–Crippen MR) is 93.9 cm³/mol. The molecule has 0 N–H and O–H groups in total. The standard InChI is InChI=1S/C17H9IN2O3/c18-12-7-5-10(6-8-12)15-19-20-16(23-15)13-9-11-3-1-2-4-14(11)22-17(13)21/h1-9H. The summed E-state index contributed by atoms with van der Waals surface area (Å²) in [5, 5.41) is 8.79. The number of benzene rings is 2. The summed E-state index contributed by atoms with van der Waals surface area (Å²) in [5.74, 6) is 0.516. The van der Waals surface area contributed by atoms with Gasteiger partial charge in [-0.2, -0.15) is 0 Å². The van der Waals surface area contributed by atoms with E-state index in [4.69, 9.17) is 8.83 Å². The van der Waals surface area contributed by atoms with E-state index in [0.29, 0.717) is 11.5 Å². The maximum Gasteiger partial charge on any atom is 0.349 e. The number of nitrogens with zero attached hydrogens (tertiary/aromatic N) is 2. The van der Waals surface area contributed by atoms with Gasteiger partial charge in [-0.25, -0.2) is 4.79 Å². The highest BCUT2D eigenvalue weighted by atomic mass is 127. The molecular weight excluding hydrogens is 407 g/mol. The van der Waals surface area contributed by atoms with Crippen molar-refractivity contribution in [2.24, 2.45) is 0 Å². The number of rotatable bonds is 2. The summed E-state index contributed by atoms with van der Waals surface area (Å²) in [7, 11) is 0. The monoisotopic (exact) mass is 416 g/mol. The molecular formula is C17H9IN2O3. The van der Waals surface area contributed by atoms with Crippen molar-refractivity contribution in [3.05, 3.63) is 68.6 Å². The van der Waals surface area contributed by atoms with Crippen molar-refractivity contribution in [1.29, 1.82) is 0 Å². The predicted octanol–water partition coefficient (Wildman–Crippen LogP) is 4.11. The van der Waals surface area contributed by atoms with Crippen LogP contribution in [0.15, 0.2) is 68.2 Å². The lowest BCUT2D eigenvalue weighted by Crippen LogP contribution is -2.02. The fourth-order valence-corrected chi connectivity index (χ4v) is 2.61. The van der Waals surface area contributed by atoms with E-state index < -0.39 is 5.63 Å². The van der Waals surface area contributed by atoms with Crippen LogP contribution in [0.1, 0.15) is 0 Å². The van der Waals surface area contributed by atoms with Crippen molar-refractivity contribution in [2.75, 3.05) is 0 Å². The number of aromatic nitrogens is 2. The molecule has 0 radical (unpaired) electrons. The van der Waals surface area contributed by atoms with Gasteiger partial charge in [-0.15, -0.1) is 10.2 Å². The van der Waals surface area contributed by atoms with Crippen LogP contribution >= 0.6 is 22.6 Å². The van der Waals surface area contributed by atoms with Crippen molar-refractivity contribution in [1.82, 2.24) is 10.2 Å². The number of halogens is 1. The second-order valence-corrected chi connectivity index (χ2v) is 6.15. The topological polar surface area (TPSA) is 69.1 Å². The van der Waals surface area contributed by atoms with E-state index in [1.165, 1.54) is 0 Å². The minimum atomic E-state index is -0.499. The van der Waals surface area contributed by atoms with Gasteiger partial charge in [-0.1, -0.05) is 18.2 Å². The third-order valence-electron chi connectivity index (χ3n) is 3.39. The molecule has 0 bridgehead atoms. The Kier molecular flexibility index (Phi) is 3.45. The van der Waals surface area contributed by atoms with Crippen LogP contribution in [0, 0.1) is 3.57 Å². The van der Waals surface area contributed by atoms with E-state index >= 15 is 0 Å². The van der Waals surface area contributed by atoms with Crippen LogP contribution in [0.25, 0.3) is 33.9 Å². The van der Waals surface area contributed by atoms with Crippen LogP contribution in [-0.4, -0.2) is 10.2 Å². The second-order valence-electron chi connectivity index (χ2n) is 4.90. The molecule has 0 atom stereocenters. The Hall–Kier alpha value is -2.48. The molecule has 2 aromatic carbocycles. The summed E-state index contributed by atoms with van der Waals surface area (Å²) in [6, 6.07) is 16.7. The summed E-state index contributed by atoms with van der Waals surface area (Å²) in [5.41, 5.74) is 1.09. The molecule has 0 unspecified atom stereocenters. The lowest BCUT2D eigenvalue weighted by atomic mass is 10.2. The summed E-state index contributed by atoms with van der Waals surface area (Å²) in [6.07, 6.45) is 0. The van der Waals surface area contributed by atoms with Crippen molar-refractivity contribution >= 4 is 33.6 Å². The van der Waals surface area contributed by atoms with Gasteiger partial charge in [0.1, 0.15) is 11.1 Å². The zero-order valence-electron chi connectivity index (χ0n) is 11.7. The highest BCUT2D eigenvalue weighted by Gasteiger charge is 2.15. The summed E-state index contributed by atoms with van der Waals surface area (Å²) in [6.45, 7) is 0. The summed E-state index contributed by atoms with van der Waals surface area (Å²) < 4.78 is 12.0. The molecule has 0 saturated heterocycles. The Labute approximate surface area is 144 Å². The molecule has 2 heterocycles. The quantitative estimate of drug-likeness (QED) is 0.363. The fourth-order valence-electron chi connectivity index (χ4n) is 2.25. The highest BCUT2D eigenvalue weighted by molar-refractivity contribution is 14.1. The van der Waals surface area contributed by atoms with Gasteiger partial charge in [0.05, 0.1) is 0 Å². The molecule has 5 nitrogen and oxygen atoms in total. The normalized spacial score (nSPS) is 11.0. The Morgan fingerprint density at radius 3 is 2.43 bits per heavy atom. The molecule has 2 aromatic heterocycles. The Balaban J connectivity index is 1.81. The molecule has 4 rings (SSSR count). The molecule has 0 fully saturated rings. The van der Waals surface area contributed by atoms with Crippen LogP contribution in [0.5, 0.6) is 0 Å². The Bertz CT molecular complexity index is 1050. The SMILES string of the molecule is O=c1oc2ccccc2cc1-c1nnc(-c2ccc(I)cc2)o1. The molecule has 6 heteroatoms. The molecule has 23 heavy (non-hydrogen) atoms. The molecule has 0 amide bonds. The lowest BCUT2D eigenvalue weighted by molar-refractivity contribution is 0.547. The van der Waals surface area contributed by atoms with Gasteiger partial charge in [0.2, 0.25) is 5.89 Å². The van der Waals surface area contributed by atoms with Gasteiger partial charge in [0.25, 0.3) is 5.89 Å². The van der Waals surface area contributed by atoms with Crippen molar-refractivity contribution in [2.45, 2.75) is 0 Å². The third kappa shape index (κ3) is 2.65. The largest absolute Gasteiger partial charge is 0.422 e. The van der Waals surface area contributed by atoms with Gasteiger partial charge in [0, 0.05) is 14.5 Å². The van der Waals surface area contributed by atoms with E-state index in [9.17, 15) is 4.79 Å². The molecule has 0 spiro atoms. The van der Waals surface area contributed by atoms with Gasteiger partial charge in [0.15, 0.2) is 0 Å². The Morgan fingerprint density at radius 1 is 0.870 bits per heavy atom. The van der Waals surface area contributed by atoms with E-state index in [0.717, 1.165) is 14.5 Å². The zero-order chi connectivity index (χ0) is 15.8. The molecule has 112 valence electrons. The number of para-hydroxylation sites is 1. The van der Waals surface area contributed by atoms with E-state index in [1.807, 2.05) is 42.5 Å². The maximum absolute atomic E-state index is 12.1. The van der Waals surface area contributed by atoms with Gasteiger partial charge < -0.3 is 8.83 Å². The van der Waals surface area contributed by atoms with Crippen molar-refractivity contribution in [3.8, 4) is 22.9 Å². The van der Waals surface area contributed by atoms with Crippen LogP contribution in [0.2, 0.25) is 0 Å². The molecule has 0 aliphatic carbocycles. The van der Waals surface area contributed by atoms with Gasteiger partial charge in [-0.05, 0) is 59.0 Å². The minimum absolute atomic E-state index is 0.151. The van der Waals surface area contributed by atoms with Crippen molar-refractivity contribution in [3.63, 3.8) is 0 Å². The first kappa shape index (κ1) is 14.1. The Morgan fingerprint density at radius 2 is 1.61 bits per heavy atom. The second kappa shape index (κ2) is 5.62. The molecule has 0 saturated carbocycles. The highest BCUT2D eigenvalue weighted by Crippen LogP contribution is 2.24. The van der Waals surface area contributed by atoms with Crippen molar-refractivity contribution < 1.29 is 8.83 Å². The number of hydrogen-bond donors (Lipinski definition) is 0. The van der Waals surface area contributed by atoms with E-state index in [2.05, 4.69) is 32.8 Å². The minimum Gasteiger partial charge on any atom is -0.422 e. The number of hydrogen-bond acceptors (Lipinski definition) is 5. The van der Waals surface area contributed by atoms with E-state index in [1.54, 1.807) is 12.1 Å². The molecule has 0 aliphatic heterocycles. The van der Waals surface area contributed by atoms with Crippen LogP contribution in [-0.2, 0) is 0 Å². The smallest absolute Gasteiger partial charge is 0.349 e. The fraction of sp³-hybridized carbons (Fsp3) is 0. The third-order valence-corrected chi connectivity index (χ3v) is 4.11. The zero-order valence-corrected chi connectivity index (χ0v) is 13.9. The average molecular weight is 416 g/mol. The summed E-state index contributed by atoms with van der Waals surface area (Å²) >= 11 is 2.22. The van der Waals surface area contributed by atoms with Gasteiger partial charge >= 0.3 is 5.63 Å². The summed E-state index contributed by atoms with van der Waals surface area (Å²) in [4.78, 5) is 12.1.